The molecule has 1 aromatic rings. The molecule has 2 aliphatic heterocycles. The molecule has 2 heterocycles. The summed E-state index contributed by atoms with van der Waals surface area (Å²) in [7, 11) is 0. The first-order valence-corrected chi connectivity index (χ1v) is 6.03. The smallest absolute Gasteiger partial charge is 0.407 e. The van der Waals surface area contributed by atoms with Crippen molar-refractivity contribution in [2.45, 2.75) is 25.1 Å². The van der Waals surface area contributed by atoms with E-state index in [2.05, 4.69) is 10.6 Å². The zero-order valence-electron chi connectivity index (χ0n) is 9.56. The number of hydrogen-bond acceptors (Lipinski definition) is 3. The molecule has 2 N–H and O–H groups in total. The van der Waals surface area contributed by atoms with Crippen molar-refractivity contribution in [3.8, 4) is 0 Å². The highest BCUT2D eigenvalue weighted by Crippen LogP contribution is 2.33. The first-order chi connectivity index (χ1) is 8.33. The van der Waals surface area contributed by atoms with Crippen molar-refractivity contribution < 1.29 is 9.53 Å². The summed E-state index contributed by atoms with van der Waals surface area (Å²) in [5.41, 5.74) is 1.01. The van der Waals surface area contributed by atoms with E-state index < -0.39 is 0 Å². The maximum Gasteiger partial charge on any atom is 0.407 e. The zero-order valence-corrected chi connectivity index (χ0v) is 9.56. The Labute approximate surface area is 100 Å². The molecule has 1 saturated carbocycles. The van der Waals surface area contributed by atoms with Gasteiger partial charge >= 0.3 is 6.09 Å². The quantitative estimate of drug-likeness (QED) is 0.825. The molecule has 90 valence electrons. The van der Waals surface area contributed by atoms with Crippen LogP contribution >= 0.6 is 0 Å². The number of ether oxygens (including phenoxy) is 1. The van der Waals surface area contributed by atoms with E-state index in [0.717, 1.165) is 12.1 Å². The molecule has 4 nitrogen and oxygen atoms in total. The summed E-state index contributed by atoms with van der Waals surface area (Å²) in [5.74, 6) is 0.601. The number of rotatable bonds is 3. The fraction of sp³-hybridized carbons (Fsp3) is 0.462. The number of benzene rings is 1. The molecule has 3 fully saturated rings. The predicted molar refractivity (Wildman–Crippen MR) is 63.4 cm³/mol. The molecule has 2 saturated heterocycles. The van der Waals surface area contributed by atoms with E-state index in [9.17, 15) is 4.79 Å². The lowest BCUT2D eigenvalue weighted by Crippen LogP contribution is -2.54. The Morgan fingerprint density at radius 1 is 1.41 bits per heavy atom. The molecule has 1 amide bonds. The zero-order chi connectivity index (χ0) is 11.7. The van der Waals surface area contributed by atoms with Crippen molar-refractivity contribution in [2.24, 2.45) is 5.92 Å². The second-order valence-corrected chi connectivity index (χ2v) is 4.74. The van der Waals surface area contributed by atoms with Crippen molar-refractivity contribution in [3.63, 3.8) is 0 Å². The second-order valence-electron chi connectivity index (χ2n) is 4.74. The average molecular weight is 232 g/mol. The fourth-order valence-corrected chi connectivity index (χ4v) is 2.59. The number of fused-ring (bicyclic) bond motifs is 1. The summed E-state index contributed by atoms with van der Waals surface area (Å²) in [5, 5.41) is 6.28. The topological polar surface area (TPSA) is 50.4 Å². The van der Waals surface area contributed by atoms with Gasteiger partial charge in [0, 0.05) is 12.6 Å². The Bertz CT molecular complexity index is 393. The lowest BCUT2D eigenvalue weighted by atomic mass is 9.80. The van der Waals surface area contributed by atoms with Crippen molar-refractivity contribution in [1.29, 1.82) is 0 Å². The molecule has 0 spiro atoms. The summed E-state index contributed by atoms with van der Waals surface area (Å²) < 4.78 is 5.18. The normalized spacial score (nSPS) is 29.5. The van der Waals surface area contributed by atoms with Crippen LogP contribution in [0.2, 0.25) is 0 Å². The third-order valence-corrected chi connectivity index (χ3v) is 3.64. The minimum Gasteiger partial charge on any atom is -0.445 e. The van der Waals surface area contributed by atoms with Gasteiger partial charge in [0.2, 0.25) is 0 Å². The van der Waals surface area contributed by atoms with Gasteiger partial charge in [0.05, 0.1) is 6.04 Å². The number of carbonyl (C=O) groups is 1. The molecule has 3 aliphatic rings. The molecule has 17 heavy (non-hydrogen) atoms. The molecule has 1 aliphatic carbocycles. The highest BCUT2D eigenvalue weighted by molar-refractivity contribution is 5.68. The van der Waals surface area contributed by atoms with Gasteiger partial charge in [-0.2, -0.15) is 0 Å². The summed E-state index contributed by atoms with van der Waals surface area (Å²) in [4.78, 5) is 11.6. The van der Waals surface area contributed by atoms with E-state index in [0.29, 0.717) is 18.6 Å². The molecular formula is C13H16N2O2. The average Bonchev–Trinajstić information content (AvgIpc) is 2.98. The van der Waals surface area contributed by atoms with E-state index in [1.54, 1.807) is 0 Å². The van der Waals surface area contributed by atoms with Gasteiger partial charge in [0.1, 0.15) is 6.61 Å². The number of amides is 1. The van der Waals surface area contributed by atoms with Crippen LogP contribution in [0.5, 0.6) is 0 Å². The highest BCUT2D eigenvalue weighted by Gasteiger charge is 2.47. The van der Waals surface area contributed by atoms with E-state index in [1.165, 1.54) is 6.42 Å². The standard InChI is InChI=1S/C13H16N2O2/c16-13(15-12-10-6-11(12)14-7-10)17-8-9-4-2-1-3-5-9/h1-5,10-12,14H,6-8H2,(H,15,16)/t10-,11+,12-/m1/s1. The number of carbonyl (C=O) groups excluding carboxylic acids is 1. The van der Waals surface area contributed by atoms with Crippen LogP contribution in [-0.4, -0.2) is 24.7 Å². The third kappa shape index (κ3) is 2.13. The first-order valence-electron chi connectivity index (χ1n) is 6.03. The minimum atomic E-state index is -0.308. The first kappa shape index (κ1) is 10.6. The van der Waals surface area contributed by atoms with Crippen molar-refractivity contribution >= 4 is 6.09 Å². The molecule has 4 rings (SSSR count). The number of alkyl carbamates (subject to hydrolysis) is 1. The van der Waals surface area contributed by atoms with Crippen LogP contribution in [0.4, 0.5) is 4.79 Å². The maximum atomic E-state index is 11.6. The molecule has 2 bridgehead atoms. The van der Waals surface area contributed by atoms with Crippen LogP contribution in [0.3, 0.4) is 0 Å². The van der Waals surface area contributed by atoms with Gasteiger partial charge < -0.3 is 15.4 Å². The van der Waals surface area contributed by atoms with Crippen LogP contribution in [0.25, 0.3) is 0 Å². The SMILES string of the molecule is O=C(N[C@@H]1[C@H]2CN[C@H]1C2)OCc1ccccc1. The largest absolute Gasteiger partial charge is 0.445 e. The van der Waals surface area contributed by atoms with E-state index in [4.69, 9.17) is 4.74 Å². The van der Waals surface area contributed by atoms with Gasteiger partial charge in [-0.25, -0.2) is 4.79 Å². The minimum absolute atomic E-state index is 0.276. The molecule has 0 aromatic heterocycles. The Morgan fingerprint density at radius 2 is 2.24 bits per heavy atom. The number of nitrogens with one attached hydrogen (secondary N) is 2. The monoisotopic (exact) mass is 232 g/mol. The van der Waals surface area contributed by atoms with Crippen molar-refractivity contribution in [3.05, 3.63) is 35.9 Å². The molecule has 3 atom stereocenters. The highest BCUT2D eigenvalue weighted by atomic mass is 16.5. The van der Waals surface area contributed by atoms with Gasteiger partial charge in [-0.1, -0.05) is 30.3 Å². The summed E-state index contributed by atoms with van der Waals surface area (Å²) >= 11 is 0. The Hall–Kier alpha value is -1.55. The Kier molecular flexibility index (Phi) is 2.73. The van der Waals surface area contributed by atoms with Gasteiger partial charge in [-0.05, 0) is 17.9 Å². The summed E-state index contributed by atoms with van der Waals surface area (Å²) in [6.07, 6.45) is 0.876. The second kappa shape index (κ2) is 4.37. The lowest BCUT2D eigenvalue weighted by molar-refractivity contribution is 0.123. The molecule has 0 radical (unpaired) electrons. The van der Waals surface area contributed by atoms with E-state index in [-0.39, 0.29) is 12.1 Å². The number of hydrogen-bond donors (Lipinski definition) is 2. The van der Waals surface area contributed by atoms with Gasteiger partial charge in [0.15, 0.2) is 0 Å². The van der Waals surface area contributed by atoms with Crippen LogP contribution in [0.15, 0.2) is 30.3 Å². The Morgan fingerprint density at radius 3 is 2.88 bits per heavy atom. The predicted octanol–water partition coefficient (Wildman–Crippen LogP) is 1.27. The molecular weight excluding hydrogens is 216 g/mol. The third-order valence-electron chi connectivity index (χ3n) is 3.64. The van der Waals surface area contributed by atoms with Crippen LogP contribution in [-0.2, 0) is 11.3 Å². The molecule has 0 unspecified atom stereocenters. The van der Waals surface area contributed by atoms with Crippen LogP contribution in [0, 0.1) is 5.92 Å². The summed E-state index contributed by atoms with van der Waals surface area (Å²) in [6.45, 7) is 1.36. The van der Waals surface area contributed by atoms with Crippen molar-refractivity contribution in [2.75, 3.05) is 6.54 Å². The van der Waals surface area contributed by atoms with Gasteiger partial charge in [-0.15, -0.1) is 0 Å². The van der Waals surface area contributed by atoms with Crippen molar-refractivity contribution in [1.82, 2.24) is 10.6 Å². The fourth-order valence-electron chi connectivity index (χ4n) is 2.59. The lowest BCUT2D eigenvalue weighted by Gasteiger charge is -2.34. The Balaban J connectivity index is 1.45. The summed E-state index contributed by atoms with van der Waals surface area (Å²) in [6, 6.07) is 10.5. The molecule has 1 aromatic carbocycles. The van der Waals surface area contributed by atoms with E-state index >= 15 is 0 Å². The van der Waals surface area contributed by atoms with Gasteiger partial charge in [0.25, 0.3) is 0 Å². The van der Waals surface area contributed by atoms with Gasteiger partial charge in [-0.3, -0.25) is 0 Å². The molecule has 4 heteroatoms. The maximum absolute atomic E-state index is 11.6. The van der Waals surface area contributed by atoms with Crippen LogP contribution in [0.1, 0.15) is 12.0 Å². The van der Waals surface area contributed by atoms with Crippen LogP contribution < -0.4 is 10.6 Å². The van der Waals surface area contributed by atoms with E-state index in [1.807, 2.05) is 30.3 Å².